The summed E-state index contributed by atoms with van der Waals surface area (Å²) < 4.78 is 19.9. The van der Waals surface area contributed by atoms with Gasteiger partial charge in [-0.05, 0) is 73.9 Å². The van der Waals surface area contributed by atoms with Gasteiger partial charge in [0.05, 0.1) is 0 Å². The number of nitrogens with one attached hydrogen (secondary N) is 2. The first-order chi connectivity index (χ1) is 21.0. The SMILES string of the molecule is Cc1cc(B2OB(c3ccc(C(C)(C)C)c(NCCN)c3)OB(c3ccc(C(C)(C)C)c(NCCN)c3)O2)ccc1C(C)(C)C. The first-order valence-electron chi connectivity index (χ1n) is 16.3. The molecule has 45 heavy (non-hydrogen) atoms. The molecule has 1 aliphatic heterocycles. The summed E-state index contributed by atoms with van der Waals surface area (Å²) >= 11 is 0. The van der Waals surface area contributed by atoms with Crippen LogP contribution in [0.1, 0.15) is 84.6 Å². The number of hydrogen-bond acceptors (Lipinski definition) is 7. The van der Waals surface area contributed by atoms with Crippen molar-refractivity contribution in [1.29, 1.82) is 0 Å². The Morgan fingerprint density at radius 2 is 0.867 bits per heavy atom. The maximum absolute atomic E-state index is 6.64. The smallest absolute Gasteiger partial charge is 0.445 e. The van der Waals surface area contributed by atoms with Crippen LogP contribution in [0.15, 0.2) is 54.6 Å². The van der Waals surface area contributed by atoms with E-state index in [1.54, 1.807) is 0 Å². The molecule has 7 nitrogen and oxygen atoms in total. The molecule has 10 heteroatoms. The number of hydrogen-bond donors (Lipinski definition) is 4. The van der Waals surface area contributed by atoms with E-state index < -0.39 is 21.4 Å². The molecule has 1 aliphatic rings. The van der Waals surface area contributed by atoms with E-state index in [1.807, 2.05) is 0 Å². The second kappa shape index (κ2) is 13.9. The van der Waals surface area contributed by atoms with Crippen LogP contribution in [0.5, 0.6) is 0 Å². The average molecular weight is 610 g/mol. The number of anilines is 2. The fourth-order valence-electron chi connectivity index (χ4n) is 6.01. The van der Waals surface area contributed by atoms with E-state index >= 15 is 0 Å². The van der Waals surface area contributed by atoms with Crippen molar-refractivity contribution in [2.75, 3.05) is 36.8 Å². The lowest BCUT2D eigenvalue weighted by molar-refractivity contribution is 0.308. The van der Waals surface area contributed by atoms with Crippen LogP contribution in [0.25, 0.3) is 0 Å². The van der Waals surface area contributed by atoms with Gasteiger partial charge in [-0.1, -0.05) is 105 Å². The standard InChI is InChI=1S/C35H53B3N4O3/c1-24-21-25(11-14-28(24)33(2,3)4)36-43-37(26-12-15-29(34(5,6)7)31(22-26)41-19-17-39)45-38(44-36)27-13-16-30(35(8,9)10)32(23-27)42-20-18-40/h11-16,21-23,41-42H,17-20,39-40H2,1-10H3. The monoisotopic (exact) mass is 610 g/mol. The second-order valence-electron chi connectivity index (χ2n) is 15.3. The third-order valence-electron chi connectivity index (χ3n) is 8.24. The summed E-state index contributed by atoms with van der Waals surface area (Å²) in [6, 6.07) is 19.3. The molecular weight excluding hydrogens is 557 g/mol. The van der Waals surface area contributed by atoms with Gasteiger partial charge >= 0.3 is 21.4 Å². The highest BCUT2D eigenvalue weighted by Crippen LogP contribution is 2.31. The Morgan fingerprint density at radius 1 is 0.533 bits per heavy atom. The lowest BCUT2D eigenvalue weighted by Gasteiger charge is -2.33. The van der Waals surface area contributed by atoms with Gasteiger partial charge in [0, 0.05) is 37.6 Å². The van der Waals surface area contributed by atoms with E-state index in [1.165, 1.54) is 22.3 Å². The Balaban J connectivity index is 1.79. The van der Waals surface area contributed by atoms with Gasteiger partial charge < -0.3 is 35.8 Å². The van der Waals surface area contributed by atoms with Crippen molar-refractivity contribution in [1.82, 2.24) is 0 Å². The summed E-state index contributed by atoms with van der Waals surface area (Å²) in [4.78, 5) is 0. The molecular formula is C35H53B3N4O3. The van der Waals surface area contributed by atoms with Gasteiger partial charge in [0.25, 0.3) is 0 Å². The number of rotatable bonds is 9. The Bertz CT molecular complexity index is 1390. The molecule has 0 aliphatic carbocycles. The maximum atomic E-state index is 6.64. The first-order valence-corrected chi connectivity index (χ1v) is 16.3. The van der Waals surface area contributed by atoms with Gasteiger partial charge in [-0.15, -0.1) is 0 Å². The van der Waals surface area contributed by atoms with E-state index in [0.29, 0.717) is 26.2 Å². The summed E-state index contributed by atoms with van der Waals surface area (Å²) in [6.45, 7) is 24.6. The van der Waals surface area contributed by atoms with Crippen LogP contribution in [-0.2, 0) is 30.0 Å². The van der Waals surface area contributed by atoms with Gasteiger partial charge in [-0.2, -0.15) is 0 Å². The third kappa shape index (κ3) is 8.54. The van der Waals surface area contributed by atoms with Crippen LogP contribution < -0.4 is 38.5 Å². The highest BCUT2D eigenvalue weighted by molar-refractivity contribution is 6.87. The molecule has 4 rings (SSSR count). The van der Waals surface area contributed by atoms with Crippen LogP contribution in [0.4, 0.5) is 11.4 Å². The zero-order valence-electron chi connectivity index (χ0n) is 29.1. The van der Waals surface area contributed by atoms with E-state index in [-0.39, 0.29) is 16.2 Å². The Hall–Kier alpha value is -2.75. The van der Waals surface area contributed by atoms with Crippen molar-refractivity contribution < 1.29 is 13.7 Å². The van der Waals surface area contributed by atoms with E-state index in [4.69, 9.17) is 25.2 Å². The summed E-state index contributed by atoms with van der Waals surface area (Å²) in [5.74, 6) is 0. The predicted octanol–water partition coefficient (Wildman–Crippen LogP) is 4.18. The molecule has 1 fully saturated rings. The zero-order valence-corrected chi connectivity index (χ0v) is 29.1. The number of benzene rings is 3. The maximum Gasteiger partial charge on any atom is 0.467 e. The van der Waals surface area contributed by atoms with Crippen molar-refractivity contribution >= 4 is 49.1 Å². The summed E-state index contributed by atoms with van der Waals surface area (Å²) in [6.07, 6.45) is 0. The van der Waals surface area contributed by atoms with Crippen LogP contribution >= 0.6 is 0 Å². The van der Waals surface area contributed by atoms with Gasteiger partial charge in [0.1, 0.15) is 0 Å². The van der Waals surface area contributed by atoms with E-state index in [0.717, 1.165) is 27.8 Å². The van der Waals surface area contributed by atoms with Crippen LogP contribution in [0.3, 0.4) is 0 Å². The topological polar surface area (TPSA) is 104 Å². The van der Waals surface area contributed by atoms with Crippen LogP contribution in [0, 0.1) is 6.92 Å². The fraction of sp³-hybridized carbons (Fsp3) is 0.486. The summed E-state index contributed by atoms with van der Waals surface area (Å²) in [7, 11) is -1.95. The zero-order chi connectivity index (χ0) is 33.2. The van der Waals surface area contributed by atoms with Crippen molar-refractivity contribution in [2.45, 2.75) is 85.5 Å². The number of nitrogens with two attached hydrogens (primary N) is 2. The highest BCUT2D eigenvalue weighted by Gasteiger charge is 2.44. The first kappa shape index (κ1) is 35.1. The minimum absolute atomic E-state index is 0.0362. The van der Waals surface area contributed by atoms with Crippen molar-refractivity contribution in [2.24, 2.45) is 11.5 Å². The molecule has 1 heterocycles. The summed E-state index contributed by atoms with van der Waals surface area (Å²) in [5.41, 5.74) is 21.5. The van der Waals surface area contributed by atoms with Gasteiger partial charge in [0.15, 0.2) is 0 Å². The summed E-state index contributed by atoms with van der Waals surface area (Å²) in [5, 5.41) is 7.05. The molecule has 0 unspecified atom stereocenters. The van der Waals surface area contributed by atoms with Crippen molar-refractivity contribution in [3.05, 3.63) is 76.9 Å². The lowest BCUT2D eigenvalue weighted by atomic mass is 9.60. The largest absolute Gasteiger partial charge is 0.467 e. The lowest BCUT2D eigenvalue weighted by Crippen LogP contribution is -2.61. The van der Waals surface area contributed by atoms with E-state index in [2.05, 4.69) is 134 Å². The Morgan fingerprint density at radius 3 is 1.18 bits per heavy atom. The molecule has 3 aromatic carbocycles. The van der Waals surface area contributed by atoms with Crippen molar-refractivity contribution in [3.8, 4) is 0 Å². The van der Waals surface area contributed by atoms with Gasteiger partial charge in [0.2, 0.25) is 0 Å². The minimum atomic E-state index is -0.661. The molecule has 0 spiro atoms. The van der Waals surface area contributed by atoms with Crippen LogP contribution in [0.2, 0.25) is 0 Å². The molecule has 0 saturated carbocycles. The Kier molecular flexibility index (Phi) is 10.9. The molecule has 3 aromatic rings. The molecule has 240 valence electrons. The molecule has 0 aromatic heterocycles. The average Bonchev–Trinajstić information content (AvgIpc) is 2.96. The Labute approximate surface area is 273 Å². The van der Waals surface area contributed by atoms with Gasteiger partial charge in [-0.25, -0.2) is 0 Å². The normalized spacial score (nSPS) is 14.6. The highest BCUT2D eigenvalue weighted by atomic mass is 16.7. The van der Waals surface area contributed by atoms with Crippen molar-refractivity contribution in [3.63, 3.8) is 0 Å². The third-order valence-corrected chi connectivity index (χ3v) is 8.24. The molecule has 0 atom stereocenters. The minimum Gasteiger partial charge on any atom is -0.445 e. The molecule has 6 N–H and O–H groups in total. The quantitative estimate of drug-likeness (QED) is 0.270. The number of aryl methyl sites for hydroxylation is 1. The van der Waals surface area contributed by atoms with Gasteiger partial charge in [-0.3, -0.25) is 0 Å². The predicted molar refractivity (Wildman–Crippen MR) is 195 cm³/mol. The van der Waals surface area contributed by atoms with E-state index in [9.17, 15) is 0 Å². The second-order valence-corrected chi connectivity index (χ2v) is 15.3. The molecule has 1 saturated heterocycles. The molecule has 0 amide bonds. The molecule has 0 bridgehead atoms. The fourth-order valence-corrected chi connectivity index (χ4v) is 6.01. The van der Waals surface area contributed by atoms with Crippen LogP contribution in [-0.4, -0.2) is 47.5 Å². The molecule has 0 radical (unpaired) electrons.